The largest absolute Gasteiger partial charge is 0.467 e. The maximum absolute atomic E-state index is 12.0. The fraction of sp³-hybridized carbons (Fsp3) is 0.214. The minimum atomic E-state index is -0.322. The first-order valence-corrected chi connectivity index (χ1v) is 7.60. The minimum absolute atomic E-state index is 0.165. The number of carbonyl (C=O) groups is 1. The molecule has 0 aliphatic heterocycles. The molecule has 8 nitrogen and oxygen atoms in total. The fourth-order valence-corrected chi connectivity index (χ4v) is 2.49. The molecule has 0 aliphatic carbocycles. The van der Waals surface area contributed by atoms with E-state index in [-0.39, 0.29) is 18.5 Å². The van der Waals surface area contributed by atoms with Crippen molar-refractivity contribution in [3.05, 3.63) is 52.1 Å². The van der Waals surface area contributed by atoms with E-state index in [1.165, 1.54) is 19.5 Å². The molecule has 0 atom stereocenters. The molecule has 0 aromatic carbocycles. The van der Waals surface area contributed by atoms with Crippen molar-refractivity contribution in [1.29, 1.82) is 0 Å². The molecule has 1 N–H and O–H groups in total. The lowest BCUT2D eigenvalue weighted by Crippen LogP contribution is -2.23. The summed E-state index contributed by atoms with van der Waals surface area (Å²) in [5.41, 5.74) is 0.327. The number of methoxy groups -OCH3 is 1. The van der Waals surface area contributed by atoms with Crippen LogP contribution in [0.4, 0.5) is 0 Å². The van der Waals surface area contributed by atoms with E-state index >= 15 is 0 Å². The zero-order valence-corrected chi connectivity index (χ0v) is 13.0. The van der Waals surface area contributed by atoms with Crippen LogP contribution < -0.4 is 10.1 Å². The molecule has 3 aromatic rings. The topological polar surface area (TPSA) is 103 Å². The summed E-state index contributed by atoms with van der Waals surface area (Å²) in [6, 6.07) is 4.17. The van der Waals surface area contributed by atoms with Gasteiger partial charge < -0.3 is 14.6 Å². The molecule has 0 saturated heterocycles. The summed E-state index contributed by atoms with van der Waals surface area (Å²) in [7, 11) is 1.46. The molecule has 0 aliphatic rings. The van der Waals surface area contributed by atoms with Crippen molar-refractivity contribution in [2.75, 3.05) is 7.11 Å². The summed E-state index contributed by atoms with van der Waals surface area (Å²) in [4.78, 5) is 25.1. The number of hydrogen-bond acceptors (Lipinski definition) is 8. The van der Waals surface area contributed by atoms with Crippen LogP contribution in [0.3, 0.4) is 0 Å². The molecule has 1 amide bonds. The lowest BCUT2D eigenvalue weighted by atomic mass is 10.3. The van der Waals surface area contributed by atoms with Crippen LogP contribution in [0, 0.1) is 0 Å². The third-order valence-electron chi connectivity index (χ3n) is 2.90. The van der Waals surface area contributed by atoms with Crippen LogP contribution in [0.15, 0.2) is 34.4 Å². The van der Waals surface area contributed by atoms with Crippen molar-refractivity contribution >= 4 is 17.2 Å². The quantitative estimate of drug-likeness (QED) is 0.729. The second-order valence-corrected chi connectivity index (χ2v) is 5.53. The van der Waals surface area contributed by atoms with Gasteiger partial charge in [-0.3, -0.25) is 4.79 Å². The van der Waals surface area contributed by atoms with E-state index in [9.17, 15) is 4.79 Å². The number of aromatic nitrogens is 4. The smallest absolute Gasteiger partial charge is 0.316 e. The Hall–Kier alpha value is -2.81. The number of ether oxygens (including phenoxy) is 1. The van der Waals surface area contributed by atoms with Crippen molar-refractivity contribution in [3.8, 4) is 6.01 Å². The van der Waals surface area contributed by atoms with Crippen LogP contribution in [-0.4, -0.2) is 33.1 Å². The Labute approximate surface area is 135 Å². The summed E-state index contributed by atoms with van der Waals surface area (Å²) >= 11 is 1.62. The summed E-state index contributed by atoms with van der Waals surface area (Å²) in [6.07, 6.45) is 3.37. The molecule has 3 heterocycles. The Morgan fingerprint density at radius 2 is 2.22 bits per heavy atom. The maximum Gasteiger partial charge on any atom is 0.316 e. The van der Waals surface area contributed by atoms with Crippen molar-refractivity contribution < 1.29 is 14.1 Å². The molecule has 3 aromatic heterocycles. The van der Waals surface area contributed by atoms with Gasteiger partial charge in [0.25, 0.3) is 5.91 Å². The highest BCUT2D eigenvalue weighted by Gasteiger charge is 2.11. The van der Waals surface area contributed by atoms with Gasteiger partial charge in [0, 0.05) is 17.3 Å². The molecule has 0 saturated carbocycles. The van der Waals surface area contributed by atoms with Gasteiger partial charge in [0.05, 0.1) is 25.6 Å². The predicted molar refractivity (Wildman–Crippen MR) is 81.2 cm³/mol. The van der Waals surface area contributed by atoms with Gasteiger partial charge in [-0.1, -0.05) is 11.2 Å². The van der Waals surface area contributed by atoms with Crippen LogP contribution in [0.5, 0.6) is 6.01 Å². The van der Waals surface area contributed by atoms with Gasteiger partial charge in [-0.05, 0) is 11.4 Å². The van der Waals surface area contributed by atoms with Crippen LogP contribution in [0.2, 0.25) is 0 Å². The van der Waals surface area contributed by atoms with E-state index < -0.39 is 0 Å². The first-order valence-electron chi connectivity index (χ1n) is 6.72. The zero-order valence-electron chi connectivity index (χ0n) is 12.2. The predicted octanol–water partition coefficient (Wildman–Crippen LogP) is 1.45. The molecule has 118 valence electrons. The Morgan fingerprint density at radius 1 is 1.39 bits per heavy atom. The van der Waals surface area contributed by atoms with E-state index in [2.05, 4.69) is 25.4 Å². The summed E-state index contributed by atoms with van der Waals surface area (Å²) < 4.78 is 10.00. The number of rotatable bonds is 6. The average molecular weight is 331 g/mol. The number of amides is 1. The Morgan fingerprint density at radius 3 is 2.91 bits per heavy atom. The third kappa shape index (κ3) is 3.89. The van der Waals surface area contributed by atoms with Gasteiger partial charge in [-0.2, -0.15) is 4.98 Å². The number of hydrogen-bond donors (Lipinski definition) is 1. The maximum atomic E-state index is 12.0. The zero-order chi connectivity index (χ0) is 16.1. The number of thiophene rings is 1. The molecule has 0 unspecified atom stereocenters. The lowest BCUT2D eigenvalue weighted by Gasteiger charge is -2.02. The Kier molecular flexibility index (Phi) is 4.57. The van der Waals surface area contributed by atoms with Gasteiger partial charge >= 0.3 is 6.01 Å². The second kappa shape index (κ2) is 6.97. The average Bonchev–Trinajstić information content (AvgIpc) is 3.25. The molecule has 0 fully saturated rings. The highest BCUT2D eigenvalue weighted by Crippen LogP contribution is 2.13. The van der Waals surface area contributed by atoms with Crippen LogP contribution in [0.1, 0.15) is 27.0 Å². The van der Waals surface area contributed by atoms with Gasteiger partial charge in [0.2, 0.25) is 5.89 Å². The Balaban J connectivity index is 1.55. The molecule has 3 rings (SSSR count). The van der Waals surface area contributed by atoms with Crippen molar-refractivity contribution in [3.63, 3.8) is 0 Å². The summed E-state index contributed by atoms with van der Waals surface area (Å²) in [6.45, 7) is 0.165. The first kappa shape index (κ1) is 15.1. The van der Waals surface area contributed by atoms with Crippen LogP contribution >= 0.6 is 11.3 Å². The van der Waals surface area contributed by atoms with Crippen molar-refractivity contribution in [2.45, 2.75) is 13.0 Å². The van der Waals surface area contributed by atoms with E-state index in [0.29, 0.717) is 23.7 Å². The van der Waals surface area contributed by atoms with E-state index in [1.54, 1.807) is 11.3 Å². The van der Waals surface area contributed by atoms with E-state index in [1.807, 2.05) is 17.5 Å². The first-order chi connectivity index (χ1) is 11.2. The minimum Gasteiger partial charge on any atom is -0.467 e. The monoisotopic (exact) mass is 331 g/mol. The van der Waals surface area contributed by atoms with Crippen LogP contribution in [-0.2, 0) is 13.0 Å². The number of carbonyl (C=O) groups excluding carboxylic acids is 1. The summed E-state index contributed by atoms with van der Waals surface area (Å²) in [5, 5.41) is 8.51. The lowest BCUT2D eigenvalue weighted by molar-refractivity contribution is 0.0948. The molecular formula is C14H13N5O3S. The molecular weight excluding hydrogens is 318 g/mol. The second-order valence-electron chi connectivity index (χ2n) is 4.50. The van der Waals surface area contributed by atoms with Gasteiger partial charge in [0.1, 0.15) is 0 Å². The van der Waals surface area contributed by atoms with E-state index in [0.717, 1.165) is 4.88 Å². The van der Waals surface area contributed by atoms with Gasteiger partial charge in [0.15, 0.2) is 5.82 Å². The standard InChI is InChI=1S/C14H13N5O3S/c1-21-14-16-6-9(7-17-14)13(20)15-8-11-18-12(22-19-11)5-10-3-2-4-23-10/h2-4,6-7H,5,8H2,1H3,(H,15,20). The summed E-state index contributed by atoms with van der Waals surface area (Å²) in [5.74, 6) is 0.612. The number of nitrogens with zero attached hydrogens (tertiary/aromatic N) is 4. The van der Waals surface area contributed by atoms with Gasteiger partial charge in [-0.15, -0.1) is 11.3 Å². The molecule has 0 radical (unpaired) electrons. The highest BCUT2D eigenvalue weighted by molar-refractivity contribution is 7.09. The normalized spacial score (nSPS) is 10.5. The number of nitrogens with one attached hydrogen (secondary N) is 1. The molecule has 0 spiro atoms. The van der Waals surface area contributed by atoms with Crippen molar-refractivity contribution in [2.24, 2.45) is 0 Å². The molecule has 0 bridgehead atoms. The van der Waals surface area contributed by atoms with E-state index in [4.69, 9.17) is 9.26 Å². The van der Waals surface area contributed by atoms with Gasteiger partial charge in [-0.25, -0.2) is 9.97 Å². The molecule has 9 heteroatoms. The SMILES string of the molecule is COc1ncc(C(=O)NCc2noc(Cc3cccs3)n2)cn1. The Bertz CT molecular complexity index is 770. The van der Waals surface area contributed by atoms with Crippen LogP contribution in [0.25, 0.3) is 0 Å². The fourth-order valence-electron chi connectivity index (χ4n) is 1.80. The third-order valence-corrected chi connectivity index (χ3v) is 3.77. The highest BCUT2D eigenvalue weighted by atomic mass is 32.1. The van der Waals surface area contributed by atoms with Crippen molar-refractivity contribution in [1.82, 2.24) is 25.4 Å². The molecule has 23 heavy (non-hydrogen) atoms.